The predicted molar refractivity (Wildman–Crippen MR) is 78.0 cm³/mol. The standard InChI is InChI=1S/C12H13Cl2N3O2S/c13-6-5-11-9-17(16-15-11)7-8-20(18,19)12-3-1-10(14)2-4-12/h1-4,9H,5-8H2. The van der Waals surface area contributed by atoms with E-state index in [1.165, 1.54) is 16.8 Å². The summed E-state index contributed by atoms with van der Waals surface area (Å²) in [4.78, 5) is 0.253. The maximum Gasteiger partial charge on any atom is 0.180 e. The van der Waals surface area contributed by atoms with Crippen LogP contribution < -0.4 is 0 Å². The number of aryl methyl sites for hydroxylation is 2. The van der Waals surface area contributed by atoms with Crippen LogP contribution in [0.3, 0.4) is 0 Å². The Morgan fingerprint density at radius 2 is 1.90 bits per heavy atom. The van der Waals surface area contributed by atoms with E-state index in [-0.39, 0.29) is 17.2 Å². The molecule has 8 heteroatoms. The lowest BCUT2D eigenvalue weighted by atomic mass is 10.4. The lowest BCUT2D eigenvalue weighted by Gasteiger charge is -2.04. The third-order valence-electron chi connectivity index (χ3n) is 2.70. The van der Waals surface area contributed by atoms with Crippen molar-refractivity contribution < 1.29 is 8.42 Å². The van der Waals surface area contributed by atoms with Crippen molar-refractivity contribution in [2.24, 2.45) is 0 Å². The predicted octanol–water partition coefficient (Wildman–Crippen LogP) is 2.19. The van der Waals surface area contributed by atoms with E-state index in [0.29, 0.717) is 17.3 Å². The summed E-state index contributed by atoms with van der Waals surface area (Å²) in [6, 6.07) is 6.11. The molecule has 0 aliphatic carbocycles. The second-order valence-corrected chi connectivity index (χ2v) is 7.11. The van der Waals surface area contributed by atoms with Gasteiger partial charge in [0, 0.05) is 23.5 Å². The molecule has 1 aromatic heterocycles. The van der Waals surface area contributed by atoms with Crippen LogP contribution in [0.1, 0.15) is 5.69 Å². The molecule has 108 valence electrons. The largest absolute Gasteiger partial charge is 0.251 e. The molecular formula is C12H13Cl2N3O2S. The van der Waals surface area contributed by atoms with Gasteiger partial charge >= 0.3 is 0 Å². The van der Waals surface area contributed by atoms with Crippen LogP contribution >= 0.6 is 23.2 Å². The molecule has 0 radical (unpaired) electrons. The molecular weight excluding hydrogens is 321 g/mol. The average Bonchev–Trinajstić information content (AvgIpc) is 2.85. The maximum atomic E-state index is 12.1. The first kappa shape index (κ1) is 15.3. The number of sulfone groups is 1. The van der Waals surface area contributed by atoms with E-state index in [0.717, 1.165) is 5.69 Å². The highest BCUT2D eigenvalue weighted by atomic mass is 35.5. The van der Waals surface area contributed by atoms with Crippen molar-refractivity contribution in [3.05, 3.63) is 41.2 Å². The van der Waals surface area contributed by atoms with Crippen LogP contribution in [0.15, 0.2) is 35.4 Å². The van der Waals surface area contributed by atoms with Crippen LogP contribution in [0, 0.1) is 0 Å². The van der Waals surface area contributed by atoms with Crippen molar-refractivity contribution in [3.8, 4) is 0 Å². The lowest BCUT2D eigenvalue weighted by molar-refractivity contribution is 0.575. The SMILES string of the molecule is O=S(=O)(CCn1cc(CCCl)nn1)c1ccc(Cl)cc1. The molecule has 0 aliphatic heterocycles. The van der Waals surface area contributed by atoms with Crippen LogP contribution in [0.2, 0.25) is 5.02 Å². The highest BCUT2D eigenvalue weighted by Gasteiger charge is 2.14. The summed E-state index contributed by atoms with van der Waals surface area (Å²) >= 11 is 11.3. The monoisotopic (exact) mass is 333 g/mol. The van der Waals surface area contributed by atoms with Crippen LogP contribution in [0.5, 0.6) is 0 Å². The molecule has 0 bridgehead atoms. The average molecular weight is 334 g/mol. The number of rotatable bonds is 6. The first-order chi connectivity index (χ1) is 9.51. The molecule has 0 unspecified atom stereocenters. The highest BCUT2D eigenvalue weighted by Crippen LogP contribution is 2.15. The van der Waals surface area contributed by atoms with Gasteiger partial charge in [0.05, 0.1) is 22.9 Å². The molecule has 0 saturated heterocycles. The number of alkyl halides is 1. The van der Waals surface area contributed by atoms with Gasteiger partial charge in [-0.2, -0.15) is 0 Å². The molecule has 0 fully saturated rings. The molecule has 5 nitrogen and oxygen atoms in total. The lowest BCUT2D eigenvalue weighted by Crippen LogP contribution is -2.13. The van der Waals surface area contributed by atoms with Crippen molar-refractivity contribution in [3.63, 3.8) is 0 Å². The summed E-state index contributed by atoms with van der Waals surface area (Å²) in [6.07, 6.45) is 2.32. The summed E-state index contributed by atoms with van der Waals surface area (Å²) in [5.74, 6) is 0.417. The minimum Gasteiger partial charge on any atom is -0.251 e. The Labute approximate surface area is 127 Å². The second kappa shape index (κ2) is 6.56. The van der Waals surface area contributed by atoms with Gasteiger partial charge in [-0.25, -0.2) is 8.42 Å². The molecule has 1 aromatic carbocycles. The van der Waals surface area contributed by atoms with Crippen LogP contribution in [-0.4, -0.2) is 35.0 Å². The van der Waals surface area contributed by atoms with E-state index in [2.05, 4.69) is 10.3 Å². The minimum atomic E-state index is -3.35. The van der Waals surface area contributed by atoms with Crippen molar-refractivity contribution in [1.82, 2.24) is 15.0 Å². The van der Waals surface area contributed by atoms with Gasteiger partial charge in [-0.1, -0.05) is 16.8 Å². The van der Waals surface area contributed by atoms with Crippen molar-refractivity contribution in [1.29, 1.82) is 0 Å². The summed E-state index contributed by atoms with van der Waals surface area (Å²) in [5.41, 5.74) is 0.754. The summed E-state index contributed by atoms with van der Waals surface area (Å²) in [7, 11) is -3.35. The number of hydrogen-bond acceptors (Lipinski definition) is 4. The first-order valence-electron chi connectivity index (χ1n) is 5.94. The first-order valence-corrected chi connectivity index (χ1v) is 8.51. The normalized spacial score (nSPS) is 11.7. The molecule has 20 heavy (non-hydrogen) atoms. The van der Waals surface area contributed by atoms with E-state index in [1.807, 2.05) is 0 Å². The van der Waals surface area contributed by atoms with Gasteiger partial charge in [0.15, 0.2) is 9.84 Å². The van der Waals surface area contributed by atoms with E-state index < -0.39 is 9.84 Å². The maximum absolute atomic E-state index is 12.1. The quantitative estimate of drug-likeness (QED) is 0.760. The zero-order valence-electron chi connectivity index (χ0n) is 10.5. The molecule has 2 rings (SSSR count). The summed E-state index contributed by atoms with van der Waals surface area (Å²) < 4.78 is 25.8. The number of aromatic nitrogens is 3. The Hall–Kier alpha value is -1.11. The van der Waals surface area contributed by atoms with Gasteiger partial charge in [-0.05, 0) is 24.3 Å². The van der Waals surface area contributed by atoms with Crippen molar-refractivity contribution in [2.45, 2.75) is 17.9 Å². The van der Waals surface area contributed by atoms with Gasteiger partial charge in [0.25, 0.3) is 0 Å². The third-order valence-corrected chi connectivity index (χ3v) is 4.85. The van der Waals surface area contributed by atoms with Crippen molar-refractivity contribution >= 4 is 33.0 Å². The molecule has 0 amide bonds. The Morgan fingerprint density at radius 3 is 2.55 bits per heavy atom. The molecule has 0 spiro atoms. The molecule has 1 heterocycles. The van der Waals surface area contributed by atoms with Crippen LogP contribution in [0.25, 0.3) is 0 Å². The van der Waals surface area contributed by atoms with Gasteiger partial charge in [-0.15, -0.1) is 16.7 Å². The van der Waals surface area contributed by atoms with E-state index in [4.69, 9.17) is 23.2 Å². The smallest absolute Gasteiger partial charge is 0.180 e. The fraction of sp³-hybridized carbons (Fsp3) is 0.333. The van der Waals surface area contributed by atoms with Gasteiger partial charge < -0.3 is 0 Å². The number of halogens is 2. The second-order valence-electron chi connectivity index (χ2n) is 4.18. The Morgan fingerprint density at radius 1 is 1.20 bits per heavy atom. The summed E-state index contributed by atoms with van der Waals surface area (Å²) in [6.45, 7) is 0.250. The highest BCUT2D eigenvalue weighted by molar-refractivity contribution is 7.91. The molecule has 0 saturated carbocycles. The van der Waals surface area contributed by atoms with E-state index in [9.17, 15) is 8.42 Å². The fourth-order valence-electron chi connectivity index (χ4n) is 1.63. The van der Waals surface area contributed by atoms with E-state index in [1.54, 1.807) is 18.3 Å². The molecule has 0 aliphatic rings. The van der Waals surface area contributed by atoms with Gasteiger partial charge in [0.1, 0.15) is 0 Å². The summed E-state index contributed by atoms with van der Waals surface area (Å²) in [5, 5.41) is 8.28. The van der Waals surface area contributed by atoms with Crippen molar-refractivity contribution in [2.75, 3.05) is 11.6 Å². The Balaban J connectivity index is 2.03. The third kappa shape index (κ3) is 3.94. The number of hydrogen-bond donors (Lipinski definition) is 0. The molecule has 0 atom stereocenters. The zero-order chi connectivity index (χ0) is 14.6. The Kier molecular flexibility index (Phi) is 5.01. The Bertz CT molecular complexity index is 668. The van der Waals surface area contributed by atoms with E-state index >= 15 is 0 Å². The fourth-order valence-corrected chi connectivity index (χ4v) is 3.17. The number of benzene rings is 1. The van der Waals surface area contributed by atoms with Gasteiger partial charge in [-0.3, -0.25) is 4.68 Å². The van der Waals surface area contributed by atoms with Gasteiger partial charge in [0.2, 0.25) is 0 Å². The number of nitrogens with zero attached hydrogens (tertiary/aromatic N) is 3. The van der Waals surface area contributed by atoms with Crippen LogP contribution in [-0.2, 0) is 22.8 Å². The minimum absolute atomic E-state index is 0.0433. The topological polar surface area (TPSA) is 64.8 Å². The van der Waals surface area contributed by atoms with Crippen LogP contribution in [0.4, 0.5) is 0 Å². The molecule has 0 N–H and O–H groups in total. The zero-order valence-corrected chi connectivity index (χ0v) is 12.9. The molecule has 2 aromatic rings.